The van der Waals surface area contributed by atoms with Crippen LogP contribution in [0.2, 0.25) is 0 Å². The molecule has 1 saturated heterocycles. The van der Waals surface area contributed by atoms with Crippen molar-refractivity contribution in [3.8, 4) is 0 Å². The molecule has 138 valence electrons. The van der Waals surface area contributed by atoms with Crippen LogP contribution in [0.4, 0.5) is 0 Å². The molecule has 2 aromatic carbocycles. The summed E-state index contributed by atoms with van der Waals surface area (Å²) in [5.41, 5.74) is 3.16. The van der Waals surface area contributed by atoms with Crippen LogP contribution in [0, 0.1) is 13.8 Å². The van der Waals surface area contributed by atoms with Crippen LogP contribution < -0.4 is 5.46 Å². The van der Waals surface area contributed by atoms with Gasteiger partial charge in [0, 0.05) is 0 Å². The van der Waals surface area contributed by atoms with Gasteiger partial charge in [-0.3, -0.25) is 0 Å². The third-order valence-corrected chi connectivity index (χ3v) is 5.92. The predicted molar refractivity (Wildman–Crippen MR) is 107 cm³/mol. The number of rotatable bonds is 3. The lowest BCUT2D eigenvalue weighted by atomic mass is 9.74. The molecule has 0 radical (unpaired) electrons. The van der Waals surface area contributed by atoms with Crippen molar-refractivity contribution < 1.29 is 14.4 Å². The van der Waals surface area contributed by atoms with Gasteiger partial charge in [0.1, 0.15) is 5.60 Å². The molecule has 26 heavy (non-hydrogen) atoms. The fourth-order valence-corrected chi connectivity index (χ4v) is 3.33. The standard InChI is InChI=1S/C22H29BO3/c1-15-9-8-10-17(13-15)22(7,24)18-11-12-19(16(2)14-18)23-25-20(3,4)21(5,6)26-23/h8-14,24H,1-7H3. The van der Waals surface area contributed by atoms with Crippen molar-refractivity contribution in [2.24, 2.45) is 0 Å². The van der Waals surface area contributed by atoms with Gasteiger partial charge < -0.3 is 14.4 Å². The van der Waals surface area contributed by atoms with E-state index in [2.05, 4.69) is 27.7 Å². The molecule has 0 bridgehead atoms. The topological polar surface area (TPSA) is 38.7 Å². The van der Waals surface area contributed by atoms with Gasteiger partial charge in [-0.1, -0.05) is 53.6 Å². The van der Waals surface area contributed by atoms with E-state index in [1.165, 1.54) is 0 Å². The summed E-state index contributed by atoms with van der Waals surface area (Å²) in [6, 6.07) is 14.0. The second kappa shape index (κ2) is 6.23. The average molecular weight is 352 g/mol. The molecule has 1 atom stereocenters. The van der Waals surface area contributed by atoms with Crippen molar-refractivity contribution in [3.05, 3.63) is 64.7 Å². The lowest BCUT2D eigenvalue weighted by molar-refractivity contribution is 0.00578. The quantitative estimate of drug-likeness (QED) is 0.853. The Balaban J connectivity index is 1.94. The van der Waals surface area contributed by atoms with Crippen LogP contribution in [0.15, 0.2) is 42.5 Å². The maximum atomic E-state index is 11.2. The van der Waals surface area contributed by atoms with Crippen LogP contribution in [-0.4, -0.2) is 23.4 Å². The second-order valence-electron chi connectivity index (χ2n) is 8.60. The third-order valence-electron chi connectivity index (χ3n) is 5.92. The summed E-state index contributed by atoms with van der Waals surface area (Å²) < 4.78 is 12.3. The first-order chi connectivity index (χ1) is 11.9. The molecule has 0 spiro atoms. The molecule has 3 nitrogen and oxygen atoms in total. The lowest BCUT2D eigenvalue weighted by Crippen LogP contribution is -2.41. The van der Waals surface area contributed by atoms with Crippen molar-refractivity contribution in [3.63, 3.8) is 0 Å². The third kappa shape index (κ3) is 3.22. The van der Waals surface area contributed by atoms with Gasteiger partial charge in [0.15, 0.2) is 0 Å². The number of hydrogen-bond donors (Lipinski definition) is 1. The molecule has 0 aromatic heterocycles. The van der Waals surface area contributed by atoms with Gasteiger partial charge in [0.05, 0.1) is 11.2 Å². The van der Waals surface area contributed by atoms with E-state index in [0.29, 0.717) is 0 Å². The predicted octanol–water partition coefficient (Wildman–Crippen LogP) is 3.86. The van der Waals surface area contributed by atoms with E-state index in [-0.39, 0.29) is 11.2 Å². The van der Waals surface area contributed by atoms with Gasteiger partial charge in [0.25, 0.3) is 0 Å². The summed E-state index contributed by atoms with van der Waals surface area (Å²) in [4.78, 5) is 0. The van der Waals surface area contributed by atoms with Crippen LogP contribution in [0.1, 0.15) is 56.9 Å². The molecule has 1 N–H and O–H groups in total. The molecular weight excluding hydrogens is 323 g/mol. The van der Waals surface area contributed by atoms with Gasteiger partial charge >= 0.3 is 7.12 Å². The highest BCUT2D eigenvalue weighted by Crippen LogP contribution is 2.37. The minimum Gasteiger partial charge on any atom is -0.399 e. The highest BCUT2D eigenvalue weighted by Gasteiger charge is 2.52. The van der Waals surface area contributed by atoms with Crippen molar-refractivity contribution in [2.45, 2.75) is 65.3 Å². The van der Waals surface area contributed by atoms with Crippen LogP contribution in [-0.2, 0) is 14.9 Å². The maximum absolute atomic E-state index is 11.2. The molecule has 3 rings (SSSR count). The molecule has 1 aliphatic rings. The zero-order chi connectivity index (χ0) is 19.3. The molecule has 0 saturated carbocycles. The fourth-order valence-electron chi connectivity index (χ4n) is 3.33. The van der Waals surface area contributed by atoms with Crippen LogP contribution in [0.5, 0.6) is 0 Å². The van der Waals surface area contributed by atoms with Crippen LogP contribution in [0.25, 0.3) is 0 Å². The Morgan fingerprint density at radius 1 is 0.885 bits per heavy atom. The van der Waals surface area contributed by atoms with Gasteiger partial charge in [0.2, 0.25) is 0 Å². The Morgan fingerprint density at radius 2 is 1.46 bits per heavy atom. The molecule has 0 aliphatic carbocycles. The molecule has 1 aliphatic heterocycles. The highest BCUT2D eigenvalue weighted by atomic mass is 16.7. The summed E-state index contributed by atoms with van der Waals surface area (Å²) in [6.07, 6.45) is 0. The van der Waals surface area contributed by atoms with Gasteiger partial charge in [-0.2, -0.15) is 0 Å². The number of aliphatic hydroxyl groups is 1. The van der Waals surface area contributed by atoms with E-state index >= 15 is 0 Å². The second-order valence-corrected chi connectivity index (χ2v) is 8.60. The summed E-state index contributed by atoms with van der Waals surface area (Å²) in [7, 11) is -0.391. The smallest absolute Gasteiger partial charge is 0.399 e. The summed E-state index contributed by atoms with van der Waals surface area (Å²) >= 11 is 0. The van der Waals surface area contributed by atoms with Gasteiger partial charge in [-0.25, -0.2) is 0 Å². The van der Waals surface area contributed by atoms with Crippen molar-refractivity contribution >= 4 is 12.6 Å². The first-order valence-corrected chi connectivity index (χ1v) is 9.20. The van der Waals surface area contributed by atoms with E-state index in [0.717, 1.165) is 27.7 Å². The molecule has 0 amide bonds. The fraction of sp³-hybridized carbons (Fsp3) is 0.455. The average Bonchev–Trinajstić information content (AvgIpc) is 2.75. The van der Waals surface area contributed by atoms with E-state index in [1.807, 2.05) is 63.2 Å². The Kier molecular flexibility index (Phi) is 4.59. The van der Waals surface area contributed by atoms with E-state index in [1.54, 1.807) is 0 Å². The Morgan fingerprint density at radius 3 is 2.00 bits per heavy atom. The summed E-state index contributed by atoms with van der Waals surface area (Å²) in [6.45, 7) is 14.1. The lowest BCUT2D eigenvalue weighted by Gasteiger charge is -2.32. The highest BCUT2D eigenvalue weighted by molar-refractivity contribution is 6.62. The largest absolute Gasteiger partial charge is 0.495 e. The number of benzene rings is 2. The van der Waals surface area contributed by atoms with Gasteiger partial charge in [-0.05, 0) is 65.1 Å². The molecule has 1 fully saturated rings. The zero-order valence-electron chi connectivity index (χ0n) is 16.9. The first-order valence-electron chi connectivity index (χ1n) is 9.20. The Labute approximate surface area is 157 Å². The molecule has 2 aromatic rings. The van der Waals surface area contributed by atoms with E-state index in [9.17, 15) is 5.11 Å². The molecule has 1 unspecified atom stereocenters. The number of hydrogen-bond acceptors (Lipinski definition) is 3. The molecule has 1 heterocycles. The summed E-state index contributed by atoms with van der Waals surface area (Å²) in [5.74, 6) is 0. The van der Waals surface area contributed by atoms with Crippen LogP contribution in [0.3, 0.4) is 0 Å². The van der Waals surface area contributed by atoms with Crippen molar-refractivity contribution in [2.75, 3.05) is 0 Å². The Hall–Kier alpha value is -1.62. The monoisotopic (exact) mass is 352 g/mol. The maximum Gasteiger partial charge on any atom is 0.495 e. The van der Waals surface area contributed by atoms with E-state index in [4.69, 9.17) is 9.31 Å². The van der Waals surface area contributed by atoms with Crippen LogP contribution >= 0.6 is 0 Å². The Bertz CT molecular complexity index is 808. The molecule has 4 heteroatoms. The minimum atomic E-state index is -1.05. The summed E-state index contributed by atoms with van der Waals surface area (Å²) in [5, 5.41) is 11.2. The SMILES string of the molecule is Cc1cccc(C(C)(O)c2ccc(B3OC(C)(C)C(C)(C)O3)c(C)c2)c1. The molecular formula is C22H29BO3. The van der Waals surface area contributed by atoms with Crippen molar-refractivity contribution in [1.82, 2.24) is 0 Å². The van der Waals surface area contributed by atoms with Gasteiger partial charge in [-0.15, -0.1) is 0 Å². The minimum absolute atomic E-state index is 0.365. The first kappa shape index (κ1) is 19.2. The zero-order valence-corrected chi connectivity index (χ0v) is 16.9. The number of aryl methyl sites for hydroxylation is 2. The normalized spacial score (nSPS) is 20.8. The van der Waals surface area contributed by atoms with Crippen molar-refractivity contribution in [1.29, 1.82) is 0 Å². The van der Waals surface area contributed by atoms with E-state index < -0.39 is 12.7 Å².